The van der Waals surface area contributed by atoms with Crippen molar-refractivity contribution >= 4 is 11.6 Å². The lowest BCUT2D eigenvalue weighted by Crippen LogP contribution is -2.41. The summed E-state index contributed by atoms with van der Waals surface area (Å²) in [6.07, 6.45) is 0.997. The maximum absolute atomic E-state index is 14.1. The van der Waals surface area contributed by atoms with Crippen LogP contribution in [-0.2, 0) is 5.41 Å². The molecule has 1 nitrogen and oxygen atoms in total. The third kappa shape index (κ3) is 2.55. The molecule has 100 valence electrons. The van der Waals surface area contributed by atoms with Crippen LogP contribution in [0.2, 0.25) is 5.02 Å². The van der Waals surface area contributed by atoms with Crippen LogP contribution in [0.5, 0.6) is 0 Å². The number of halogens is 2. The van der Waals surface area contributed by atoms with Crippen molar-refractivity contribution < 1.29 is 4.39 Å². The standard InChI is InChI=1S/C15H21ClFN/c1-10-8-15(10,9-18-14(2,3)4)13-11(16)6-5-7-12(13)17/h5-7,10,18H,8-9H2,1-4H3. The molecular formula is C15H21ClFN. The van der Waals surface area contributed by atoms with Crippen LogP contribution in [0.1, 0.15) is 39.7 Å². The molecule has 0 amide bonds. The van der Waals surface area contributed by atoms with Gasteiger partial charge in [0.2, 0.25) is 0 Å². The summed E-state index contributed by atoms with van der Waals surface area (Å²) in [5.74, 6) is 0.296. The van der Waals surface area contributed by atoms with Crippen molar-refractivity contribution in [1.29, 1.82) is 0 Å². The van der Waals surface area contributed by atoms with Gasteiger partial charge in [0, 0.05) is 28.1 Å². The second kappa shape index (κ2) is 4.50. The predicted octanol–water partition coefficient (Wildman–Crippen LogP) is 4.14. The van der Waals surface area contributed by atoms with Crippen LogP contribution in [0.15, 0.2) is 18.2 Å². The van der Waals surface area contributed by atoms with E-state index in [4.69, 9.17) is 11.6 Å². The Morgan fingerprint density at radius 3 is 2.50 bits per heavy atom. The highest BCUT2D eigenvalue weighted by atomic mass is 35.5. The predicted molar refractivity (Wildman–Crippen MR) is 74.6 cm³/mol. The summed E-state index contributed by atoms with van der Waals surface area (Å²) < 4.78 is 14.1. The summed E-state index contributed by atoms with van der Waals surface area (Å²) in [7, 11) is 0. The lowest BCUT2D eigenvalue weighted by molar-refractivity contribution is 0.386. The zero-order valence-electron chi connectivity index (χ0n) is 11.5. The van der Waals surface area contributed by atoms with E-state index in [0.717, 1.165) is 13.0 Å². The van der Waals surface area contributed by atoms with Gasteiger partial charge in [0.25, 0.3) is 0 Å². The molecule has 2 rings (SSSR count). The number of hydrogen-bond donors (Lipinski definition) is 1. The Bertz CT molecular complexity index is 432. The summed E-state index contributed by atoms with van der Waals surface area (Å²) in [4.78, 5) is 0. The van der Waals surface area contributed by atoms with Gasteiger partial charge in [-0.2, -0.15) is 0 Å². The van der Waals surface area contributed by atoms with Crippen molar-refractivity contribution in [2.45, 2.75) is 45.1 Å². The summed E-state index contributed by atoms with van der Waals surface area (Å²) in [6, 6.07) is 4.95. The molecule has 1 aromatic carbocycles. The van der Waals surface area contributed by atoms with Gasteiger partial charge in [0.1, 0.15) is 5.82 Å². The molecule has 0 spiro atoms. The van der Waals surface area contributed by atoms with E-state index in [0.29, 0.717) is 16.5 Å². The molecule has 2 unspecified atom stereocenters. The van der Waals surface area contributed by atoms with E-state index in [1.807, 2.05) is 0 Å². The zero-order chi connectivity index (χ0) is 13.6. The summed E-state index contributed by atoms with van der Waals surface area (Å²) >= 11 is 6.20. The lowest BCUT2D eigenvalue weighted by Gasteiger charge is -2.27. The quantitative estimate of drug-likeness (QED) is 0.869. The van der Waals surface area contributed by atoms with Gasteiger partial charge in [-0.3, -0.25) is 0 Å². The number of hydrogen-bond acceptors (Lipinski definition) is 1. The average molecular weight is 270 g/mol. The van der Waals surface area contributed by atoms with Crippen LogP contribution in [0.25, 0.3) is 0 Å². The van der Waals surface area contributed by atoms with Gasteiger partial charge >= 0.3 is 0 Å². The topological polar surface area (TPSA) is 12.0 Å². The molecule has 3 heteroatoms. The van der Waals surface area contributed by atoms with Gasteiger partial charge in [-0.1, -0.05) is 24.6 Å². The average Bonchev–Trinajstić information content (AvgIpc) is 2.86. The second-order valence-electron chi connectivity index (χ2n) is 6.46. The van der Waals surface area contributed by atoms with Crippen molar-refractivity contribution in [3.63, 3.8) is 0 Å². The number of rotatable bonds is 3. The molecule has 1 saturated carbocycles. The smallest absolute Gasteiger partial charge is 0.128 e. The van der Waals surface area contributed by atoms with Crippen LogP contribution < -0.4 is 5.32 Å². The van der Waals surface area contributed by atoms with Gasteiger partial charge in [-0.05, 0) is 45.2 Å². The van der Waals surface area contributed by atoms with Crippen molar-refractivity contribution in [1.82, 2.24) is 5.32 Å². The van der Waals surface area contributed by atoms with Crippen molar-refractivity contribution in [2.24, 2.45) is 5.92 Å². The molecule has 1 aliphatic carbocycles. The molecule has 0 aliphatic heterocycles. The normalized spacial score (nSPS) is 27.3. The molecule has 1 fully saturated rings. The SMILES string of the molecule is CC1CC1(CNC(C)(C)C)c1c(F)cccc1Cl. The van der Waals surface area contributed by atoms with E-state index in [1.165, 1.54) is 6.07 Å². The fourth-order valence-corrected chi connectivity index (χ4v) is 2.92. The molecule has 0 saturated heterocycles. The Balaban J connectivity index is 2.29. The van der Waals surface area contributed by atoms with E-state index in [1.54, 1.807) is 12.1 Å². The molecular weight excluding hydrogens is 249 g/mol. The molecule has 1 aromatic rings. The van der Waals surface area contributed by atoms with Gasteiger partial charge in [0.15, 0.2) is 0 Å². The van der Waals surface area contributed by atoms with Gasteiger partial charge in [-0.15, -0.1) is 0 Å². The second-order valence-corrected chi connectivity index (χ2v) is 6.87. The number of benzene rings is 1. The van der Waals surface area contributed by atoms with Crippen LogP contribution in [0, 0.1) is 11.7 Å². The largest absolute Gasteiger partial charge is 0.311 e. The van der Waals surface area contributed by atoms with E-state index in [-0.39, 0.29) is 16.8 Å². The van der Waals surface area contributed by atoms with E-state index in [2.05, 4.69) is 33.0 Å². The Morgan fingerprint density at radius 2 is 2.06 bits per heavy atom. The maximum atomic E-state index is 14.1. The van der Waals surface area contributed by atoms with E-state index >= 15 is 0 Å². The minimum Gasteiger partial charge on any atom is -0.311 e. The minimum atomic E-state index is -0.178. The van der Waals surface area contributed by atoms with Gasteiger partial charge in [0.05, 0.1) is 0 Å². The van der Waals surface area contributed by atoms with Crippen molar-refractivity contribution in [3.8, 4) is 0 Å². The minimum absolute atomic E-state index is 0.0348. The third-order valence-electron chi connectivity index (χ3n) is 3.85. The molecule has 1 aliphatic rings. The highest BCUT2D eigenvalue weighted by Crippen LogP contribution is 2.56. The first-order valence-electron chi connectivity index (χ1n) is 6.46. The molecule has 0 radical (unpaired) electrons. The maximum Gasteiger partial charge on any atom is 0.128 e. The van der Waals surface area contributed by atoms with E-state index < -0.39 is 0 Å². The molecule has 0 aromatic heterocycles. The van der Waals surface area contributed by atoms with Crippen molar-refractivity contribution in [2.75, 3.05) is 6.54 Å². The van der Waals surface area contributed by atoms with Crippen molar-refractivity contribution in [3.05, 3.63) is 34.6 Å². The first-order chi connectivity index (χ1) is 8.26. The fourth-order valence-electron chi connectivity index (χ4n) is 2.57. The summed E-state index contributed by atoms with van der Waals surface area (Å²) in [5.41, 5.74) is 0.596. The highest BCUT2D eigenvalue weighted by Gasteiger charge is 2.54. The van der Waals surface area contributed by atoms with E-state index in [9.17, 15) is 4.39 Å². The molecule has 1 N–H and O–H groups in total. The van der Waals surface area contributed by atoms with Crippen LogP contribution in [0.4, 0.5) is 4.39 Å². The Kier molecular flexibility index (Phi) is 3.46. The number of nitrogens with one attached hydrogen (secondary N) is 1. The van der Waals surface area contributed by atoms with Gasteiger partial charge in [-0.25, -0.2) is 4.39 Å². The van der Waals surface area contributed by atoms with Crippen LogP contribution in [0.3, 0.4) is 0 Å². The lowest BCUT2D eigenvalue weighted by atomic mass is 9.91. The zero-order valence-corrected chi connectivity index (χ0v) is 12.2. The van der Waals surface area contributed by atoms with Crippen LogP contribution >= 0.6 is 11.6 Å². The highest BCUT2D eigenvalue weighted by molar-refractivity contribution is 6.31. The Labute approximate surface area is 114 Å². The monoisotopic (exact) mass is 269 g/mol. The summed E-state index contributed by atoms with van der Waals surface area (Å²) in [6.45, 7) is 9.30. The summed E-state index contributed by atoms with van der Waals surface area (Å²) in [5, 5.41) is 4.03. The fraction of sp³-hybridized carbons (Fsp3) is 0.600. The third-order valence-corrected chi connectivity index (χ3v) is 4.16. The Hall–Kier alpha value is -0.600. The molecule has 2 atom stereocenters. The Morgan fingerprint density at radius 1 is 1.44 bits per heavy atom. The first-order valence-corrected chi connectivity index (χ1v) is 6.83. The van der Waals surface area contributed by atoms with Crippen LogP contribution in [-0.4, -0.2) is 12.1 Å². The molecule has 18 heavy (non-hydrogen) atoms. The van der Waals surface area contributed by atoms with Gasteiger partial charge < -0.3 is 5.32 Å². The molecule has 0 bridgehead atoms. The molecule has 0 heterocycles. The first kappa shape index (κ1) is 13.8.